The summed E-state index contributed by atoms with van der Waals surface area (Å²) < 4.78 is 0. The molecule has 2 aromatic heterocycles. The molecule has 144 valence electrons. The minimum Gasteiger partial charge on any atom is -0.272 e. The number of aromatic nitrogens is 3. The summed E-state index contributed by atoms with van der Waals surface area (Å²) >= 11 is 0. The van der Waals surface area contributed by atoms with Crippen LogP contribution in [0.2, 0.25) is 0 Å². The van der Waals surface area contributed by atoms with Gasteiger partial charge in [0.25, 0.3) is 11.8 Å². The highest BCUT2D eigenvalue weighted by atomic mass is 16.2. The average Bonchev–Trinajstić information content (AvgIpc) is 3.12. The zero-order chi connectivity index (χ0) is 20.8. The predicted molar refractivity (Wildman–Crippen MR) is 98.7 cm³/mol. The van der Waals surface area contributed by atoms with E-state index in [0.29, 0.717) is 29.8 Å². The van der Waals surface area contributed by atoms with Crippen molar-refractivity contribution in [3.8, 4) is 12.1 Å². The first-order chi connectivity index (χ1) is 13.9. The van der Waals surface area contributed by atoms with Gasteiger partial charge in [-0.05, 0) is 30.4 Å². The molecule has 29 heavy (non-hydrogen) atoms. The van der Waals surface area contributed by atoms with Gasteiger partial charge in [-0.2, -0.15) is 10.5 Å². The third-order valence-corrected chi connectivity index (χ3v) is 6.27. The summed E-state index contributed by atoms with van der Waals surface area (Å²) in [6.45, 7) is 3.91. The number of nitriles is 2. The molecule has 2 atom stereocenters. The molecule has 0 spiro atoms. The van der Waals surface area contributed by atoms with Gasteiger partial charge in [-0.1, -0.05) is 13.8 Å². The number of amides is 2. The van der Waals surface area contributed by atoms with Crippen LogP contribution in [0.4, 0.5) is 0 Å². The summed E-state index contributed by atoms with van der Waals surface area (Å²) in [6.07, 6.45) is 4.19. The summed E-state index contributed by atoms with van der Waals surface area (Å²) in [7, 11) is 0. The Morgan fingerprint density at radius 3 is 2.41 bits per heavy atom. The lowest BCUT2D eigenvalue weighted by Crippen LogP contribution is -2.55. The summed E-state index contributed by atoms with van der Waals surface area (Å²) in [5, 5.41) is 18.6. The van der Waals surface area contributed by atoms with E-state index in [0.717, 1.165) is 0 Å². The lowest BCUT2D eigenvalue weighted by molar-refractivity contribution is -0.130. The van der Waals surface area contributed by atoms with E-state index in [1.54, 1.807) is 0 Å². The maximum Gasteiger partial charge on any atom is 0.269 e. The molecule has 2 unspecified atom stereocenters. The summed E-state index contributed by atoms with van der Waals surface area (Å²) in [5.74, 6) is -0.938. The van der Waals surface area contributed by atoms with Crippen molar-refractivity contribution in [2.24, 2.45) is 5.41 Å². The molecule has 2 amide bonds. The molecule has 1 fully saturated rings. The molecule has 0 aliphatic heterocycles. The molecular formula is C20H17N7O2. The van der Waals surface area contributed by atoms with Gasteiger partial charge in [-0.3, -0.25) is 25.4 Å². The first-order valence-electron chi connectivity index (χ1n) is 9.10. The molecule has 2 aliphatic carbocycles. The largest absolute Gasteiger partial charge is 0.272 e. The Labute approximate surface area is 166 Å². The number of hydrazine groups is 1. The van der Waals surface area contributed by atoms with Gasteiger partial charge in [0.15, 0.2) is 11.4 Å². The summed E-state index contributed by atoms with van der Waals surface area (Å²) in [4.78, 5) is 38.2. The van der Waals surface area contributed by atoms with Crippen LogP contribution in [0.5, 0.6) is 0 Å². The van der Waals surface area contributed by atoms with E-state index in [2.05, 4.69) is 25.8 Å². The first-order valence-corrected chi connectivity index (χ1v) is 9.10. The Hall–Kier alpha value is -3.85. The molecule has 9 heteroatoms. The van der Waals surface area contributed by atoms with E-state index >= 15 is 0 Å². The number of nitrogens with zero attached hydrogens (tertiary/aromatic N) is 5. The van der Waals surface area contributed by atoms with Crippen molar-refractivity contribution in [3.05, 3.63) is 52.9 Å². The molecule has 0 radical (unpaired) electrons. The summed E-state index contributed by atoms with van der Waals surface area (Å²) in [6, 6.07) is 6.86. The number of carbonyl (C=O) groups is 2. The van der Waals surface area contributed by atoms with Gasteiger partial charge in [0, 0.05) is 23.9 Å². The second kappa shape index (κ2) is 6.35. The fourth-order valence-corrected chi connectivity index (χ4v) is 4.71. The minimum atomic E-state index is -1.05. The quantitative estimate of drug-likeness (QED) is 0.737. The number of carbonyl (C=O) groups excluding carboxylic acids is 2. The van der Waals surface area contributed by atoms with Crippen LogP contribution in [0.15, 0.2) is 24.5 Å². The van der Waals surface area contributed by atoms with E-state index in [1.807, 2.05) is 26.0 Å². The zero-order valence-electron chi connectivity index (χ0n) is 15.9. The molecule has 2 bridgehead atoms. The van der Waals surface area contributed by atoms with Crippen molar-refractivity contribution in [1.29, 1.82) is 10.5 Å². The van der Waals surface area contributed by atoms with E-state index in [4.69, 9.17) is 0 Å². The van der Waals surface area contributed by atoms with Crippen molar-refractivity contribution in [3.63, 3.8) is 0 Å². The van der Waals surface area contributed by atoms with Crippen molar-refractivity contribution in [1.82, 2.24) is 25.8 Å². The number of rotatable bonds is 2. The smallest absolute Gasteiger partial charge is 0.269 e. The highest BCUT2D eigenvalue weighted by Crippen LogP contribution is 2.66. The Balaban J connectivity index is 1.70. The molecule has 0 aromatic carbocycles. The first kappa shape index (κ1) is 18.5. The van der Waals surface area contributed by atoms with Gasteiger partial charge in [-0.25, -0.2) is 9.97 Å². The van der Waals surface area contributed by atoms with Crippen molar-refractivity contribution in [2.45, 2.75) is 38.0 Å². The topological polar surface area (TPSA) is 144 Å². The van der Waals surface area contributed by atoms with E-state index in [9.17, 15) is 20.1 Å². The van der Waals surface area contributed by atoms with Gasteiger partial charge >= 0.3 is 0 Å². The van der Waals surface area contributed by atoms with Crippen LogP contribution in [0.25, 0.3) is 0 Å². The second-order valence-electron chi connectivity index (χ2n) is 7.74. The van der Waals surface area contributed by atoms with Crippen LogP contribution < -0.4 is 10.9 Å². The van der Waals surface area contributed by atoms with Crippen LogP contribution >= 0.6 is 0 Å². The molecule has 2 aromatic rings. The normalized spacial score (nSPS) is 22.8. The molecule has 2 aliphatic rings. The van der Waals surface area contributed by atoms with E-state index in [1.165, 1.54) is 24.5 Å². The lowest BCUT2D eigenvalue weighted by Gasteiger charge is -2.36. The molecule has 0 saturated heterocycles. The Bertz CT molecular complexity index is 1110. The monoisotopic (exact) mass is 387 g/mol. The third-order valence-electron chi connectivity index (χ3n) is 6.27. The van der Waals surface area contributed by atoms with Crippen molar-refractivity contribution < 1.29 is 9.59 Å². The highest BCUT2D eigenvalue weighted by Gasteiger charge is 2.68. The van der Waals surface area contributed by atoms with E-state index < -0.39 is 22.6 Å². The van der Waals surface area contributed by atoms with Crippen molar-refractivity contribution in [2.75, 3.05) is 0 Å². The molecule has 1 saturated carbocycles. The number of hydrogen-bond acceptors (Lipinski definition) is 7. The number of hydrogen-bond donors (Lipinski definition) is 2. The maximum absolute atomic E-state index is 13.3. The summed E-state index contributed by atoms with van der Waals surface area (Å²) in [5.41, 5.74) is 4.62. The van der Waals surface area contributed by atoms with Gasteiger partial charge in [0.05, 0.1) is 11.4 Å². The fraction of sp³-hybridized carbons (Fsp3) is 0.350. The highest BCUT2D eigenvalue weighted by molar-refractivity contribution is 5.97. The maximum atomic E-state index is 13.3. The predicted octanol–water partition coefficient (Wildman–Crippen LogP) is 1.23. The molecule has 2 heterocycles. The number of nitrogens with one attached hydrogen (secondary N) is 2. The van der Waals surface area contributed by atoms with Gasteiger partial charge in [0.1, 0.15) is 17.6 Å². The number of pyridine rings is 1. The van der Waals surface area contributed by atoms with Crippen LogP contribution in [0.3, 0.4) is 0 Å². The van der Waals surface area contributed by atoms with Gasteiger partial charge in [-0.15, -0.1) is 0 Å². The number of fused-ring (bicyclic) bond motifs is 5. The fourth-order valence-electron chi connectivity index (χ4n) is 4.71. The zero-order valence-corrected chi connectivity index (χ0v) is 15.9. The van der Waals surface area contributed by atoms with Crippen LogP contribution in [-0.2, 0) is 10.2 Å². The Morgan fingerprint density at radius 1 is 1.10 bits per heavy atom. The third kappa shape index (κ3) is 2.41. The SMILES string of the molecule is CC1(C)C2CCC1(C(=O)NNC(=O)c1ccncc1)c1nc(C#N)c(C#N)nc12. The van der Waals surface area contributed by atoms with Crippen molar-refractivity contribution >= 4 is 11.8 Å². The lowest BCUT2D eigenvalue weighted by atomic mass is 9.68. The molecule has 2 N–H and O–H groups in total. The molecule has 9 nitrogen and oxygen atoms in total. The van der Waals surface area contributed by atoms with Crippen LogP contribution in [0, 0.1) is 28.1 Å². The van der Waals surface area contributed by atoms with Gasteiger partial charge in [0.2, 0.25) is 0 Å². The van der Waals surface area contributed by atoms with Gasteiger partial charge < -0.3 is 0 Å². The Kier molecular flexibility index (Phi) is 4.05. The van der Waals surface area contributed by atoms with E-state index in [-0.39, 0.29) is 17.3 Å². The Morgan fingerprint density at radius 2 is 1.76 bits per heavy atom. The molecular weight excluding hydrogens is 370 g/mol. The second-order valence-corrected chi connectivity index (χ2v) is 7.74. The van der Waals surface area contributed by atoms with Crippen LogP contribution in [0.1, 0.15) is 65.7 Å². The molecule has 4 rings (SSSR count). The standard InChI is InChI=1S/C20H17N7O2/c1-19(2)12-3-6-20(19,16-15(12)24-13(9-21)14(10-22)25-16)18(29)27-26-17(28)11-4-7-23-8-5-11/h4-5,7-8,12H,3,6H2,1-2H3,(H,26,28)(H,27,29). The average molecular weight is 387 g/mol. The minimum absolute atomic E-state index is 0.0313. The van der Waals surface area contributed by atoms with Crippen LogP contribution in [-0.4, -0.2) is 26.8 Å².